The lowest BCUT2D eigenvalue weighted by Crippen LogP contribution is -2.43. The number of benzene rings is 1. The van der Waals surface area contributed by atoms with Crippen molar-refractivity contribution >= 4 is 22.8 Å². The monoisotopic (exact) mass is 504 g/mol. The van der Waals surface area contributed by atoms with Gasteiger partial charge in [0.05, 0.1) is 17.4 Å². The van der Waals surface area contributed by atoms with Crippen molar-refractivity contribution in [1.29, 1.82) is 0 Å². The maximum Gasteiger partial charge on any atom is 0.306 e. The number of amides is 1. The number of aromatic amines is 1. The van der Waals surface area contributed by atoms with Gasteiger partial charge < -0.3 is 14.6 Å². The number of ether oxygens (including phenoxy) is 1. The lowest BCUT2D eigenvalue weighted by Gasteiger charge is -2.35. The summed E-state index contributed by atoms with van der Waals surface area (Å²) in [4.78, 5) is 38.2. The molecule has 0 radical (unpaired) electrons. The first-order valence-electron chi connectivity index (χ1n) is 11.5. The van der Waals surface area contributed by atoms with Crippen LogP contribution in [0.25, 0.3) is 22.3 Å². The molecule has 2 heterocycles. The molecule has 1 amide bonds. The van der Waals surface area contributed by atoms with Crippen molar-refractivity contribution in [3.05, 3.63) is 47.7 Å². The van der Waals surface area contributed by atoms with Crippen LogP contribution in [-0.2, 0) is 20.7 Å². The van der Waals surface area contributed by atoms with Gasteiger partial charge in [-0.05, 0) is 39.2 Å². The number of rotatable bonds is 7. The van der Waals surface area contributed by atoms with E-state index in [0.29, 0.717) is 0 Å². The highest BCUT2D eigenvalue weighted by Crippen LogP contribution is 2.36. The van der Waals surface area contributed by atoms with E-state index in [1.54, 1.807) is 48.7 Å². The van der Waals surface area contributed by atoms with E-state index < -0.39 is 40.4 Å². The molecule has 1 N–H and O–H groups in total. The minimum absolute atomic E-state index is 0.0283. The normalized spacial score (nSPS) is 13.1. The second-order valence-electron chi connectivity index (χ2n) is 10.6. The van der Waals surface area contributed by atoms with Crippen molar-refractivity contribution in [2.75, 3.05) is 14.1 Å². The zero-order chi connectivity index (χ0) is 27.0. The minimum atomic E-state index is -1.06. The fourth-order valence-corrected chi connectivity index (χ4v) is 4.17. The first-order chi connectivity index (χ1) is 16.6. The first-order valence-corrected chi connectivity index (χ1v) is 11.5. The highest BCUT2D eigenvalue weighted by atomic mass is 19.1. The van der Waals surface area contributed by atoms with Gasteiger partial charge in [0.15, 0.2) is 11.6 Å². The molecular weight excluding hydrogens is 473 g/mol. The molecule has 10 heteroatoms. The van der Waals surface area contributed by atoms with Crippen LogP contribution in [0, 0.1) is 28.8 Å². The quantitative estimate of drug-likeness (QED) is 0.455. The van der Waals surface area contributed by atoms with Gasteiger partial charge >= 0.3 is 5.97 Å². The number of nitrogens with one attached hydrogen (secondary N) is 1. The number of nitrogens with zero attached hydrogens (tertiary/aromatic N) is 3. The number of aromatic nitrogens is 3. The number of hydrogen-bond donors (Lipinski definition) is 1. The van der Waals surface area contributed by atoms with Crippen molar-refractivity contribution in [2.45, 2.75) is 53.1 Å². The highest BCUT2D eigenvalue weighted by Gasteiger charge is 2.40. The van der Waals surface area contributed by atoms with Crippen LogP contribution < -0.4 is 0 Å². The average molecular weight is 505 g/mol. The molecule has 3 rings (SSSR count). The van der Waals surface area contributed by atoms with Gasteiger partial charge in [-0.15, -0.1) is 0 Å². The molecule has 1 aromatic carbocycles. The Hall–Kier alpha value is -3.43. The summed E-state index contributed by atoms with van der Waals surface area (Å²) < 4.78 is 48.4. The van der Waals surface area contributed by atoms with Crippen LogP contribution in [0.5, 0.6) is 0 Å². The highest BCUT2D eigenvalue weighted by molar-refractivity contribution is 5.94. The Bertz CT molecular complexity index is 1300. The van der Waals surface area contributed by atoms with Crippen molar-refractivity contribution in [2.24, 2.45) is 11.3 Å². The standard InChI is InChI=1S/C26H31F3N4O3/c1-25(2,3)36-21(34)9-14(26(4,5)24(35)33(6)7)8-20-19(29)13-31-23(32-20)17-12-30-22-16(17)10-15(27)11-18(22)28/h10-14,30H,8-9H2,1-7H3. The van der Waals surface area contributed by atoms with Crippen molar-refractivity contribution in [1.82, 2.24) is 19.9 Å². The molecule has 0 aliphatic rings. The Morgan fingerprint density at radius 3 is 2.36 bits per heavy atom. The third-order valence-corrected chi connectivity index (χ3v) is 6.01. The molecule has 0 bridgehead atoms. The number of hydrogen-bond acceptors (Lipinski definition) is 5. The van der Waals surface area contributed by atoms with Crippen LogP contribution in [0.3, 0.4) is 0 Å². The van der Waals surface area contributed by atoms with E-state index in [-0.39, 0.29) is 46.7 Å². The van der Waals surface area contributed by atoms with Crippen LogP contribution in [0.4, 0.5) is 13.2 Å². The lowest BCUT2D eigenvalue weighted by molar-refractivity contribution is -0.158. The van der Waals surface area contributed by atoms with E-state index in [0.717, 1.165) is 18.3 Å². The molecule has 0 saturated heterocycles. The summed E-state index contributed by atoms with van der Waals surface area (Å²) >= 11 is 0. The van der Waals surface area contributed by atoms with Gasteiger partial charge in [0.1, 0.15) is 17.2 Å². The molecule has 1 unspecified atom stereocenters. The molecule has 36 heavy (non-hydrogen) atoms. The van der Waals surface area contributed by atoms with Crippen molar-refractivity contribution in [3.63, 3.8) is 0 Å². The van der Waals surface area contributed by atoms with E-state index >= 15 is 0 Å². The zero-order valence-corrected chi connectivity index (χ0v) is 21.5. The molecular formula is C26H31F3N4O3. The number of halogens is 3. The smallest absolute Gasteiger partial charge is 0.306 e. The number of H-pyrrole nitrogens is 1. The minimum Gasteiger partial charge on any atom is -0.460 e. The van der Waals surface area contributed by atoms with Gasteiger partial charge in [-0.3, -0.25) is 9.59 Å². The van der Waals surface area contributed by atoms with Gasteiger partial charge in [-0.25, -0.2) is 23.1 Å². The molecule has 0 aliphatic carbocycles. The molecule has 1 atom stereocenters. The van der Waals surface area contributed by atoms with Crippen LogP contribution >= 0.6 is 0 Å². The molecule has 0 fully saturated rings. The van der Waals surface area contributed by atoms with Crippen molar-refractivity contribution in [3.8, 4) is 11.4 Å². The average Bonchev–Trinajstić information content (AvgIpc) is 3.16. The molecule has 0 saturated carbocycles. The summed E-state index contributed by atoms with van der Waals surface area (Å²) in [6.45, 7) is 8.59. The van der Waals surface area contributed by atoms with Gasteiger partial charge in [-0.2, -0.15) is 0 Å². The summed E-state index contributed by atoms with van der Waals surface area (Å²) in [5.74, 6) is -3.66. The first kappa shape index (κ1) is 27.2. The summed E-state index contributed by atoms with van der Waals surface area (Å²) in [6, 6.07) is 1.89. The molecule has 2 aromatic heterocycles. The molecule has 7 nitrogen and oxygen atoms in total. The second-order valence-corrected chi connectivity index (χ2v) is 10.6. The van der Waals surface area contributed by atoms with Crippen LogP contribution in [0.1, 0.15) is 46.7 Å². The number of esters is 1. The third kappa shape index (κ3) is 5.85. The van der Waals surface area contributed by atoms with Gasteiger partial charge in [0.25, 0.3) is 0 Å². The third-order valence-electron chi connectivity index (χ3n) is 6.01. The fourth-order valence-electron chi connectivity index (χ4n) is 4.17. The van der Waals surface area contributed by atoms with E-state index in [4.69, 9.17) is 4.74 Å². The predicted octanol–water partition coefficient (Wildman–Crippen LogP) is 5.05. The Kier molecular flexibility index (Phi) is 7.48. The Morgan fingerprint density at radius 1 is 1.08 bits per heavy atom. The van der Waals surface area contributed by atoms with E-state index in [9.17, 15) is 22.8 Å². The predicted molar refractivity (Wildman–Crippen MR) is 129 cm³/mol. The number of carbonyl (C=O) groups is 2. The SMILES string of the molecule is CN(C)C(=O)C(C)(C)C(CC(=O)OC(C)(C)C)Cc1nc(-c2c[nH]c3c(F)cc(F)cc23)ncc1F. The van der Waals surface area contributed by atoms with Crippen LogP contribution in [-0.4, -0.2) is 51.4 Å². The van der Waals surface area contributed by atoms with Crippen LogP contribution in [0.2, 0.25) is 0 Å². The number of fused-ring (bicyclic) bond motifs is 1. The van der Waals surface area contributed by atoms with Crippen LogP contribution in [0.15, 0.2) is 24.5 Å². The zero-order valence-electron chi connectivity index (χ0n) is 21.5. The van der Waals surface area contributed by atoms with Gasteiger partial charge in [0, 0.05) is 49.1 Å². The largest absolute Gasteiger partial charge is 0.460 e. The topological polar surface area (TPSA) is 88.2 Å². The Morgan fingerprint density at radius 2 is 1.75 bits per heavy atom. The van der Waals surface area contributed by atoms with Gasteiger partial charge in [0.2, 0.25) is 5.91 Å². The summed E-state index contributed by atoms with van der Waals surface area (Å²) in [5.41, 5.74) is -1.46. The Labute approximate surface area is 208 Å². The summed E-state index contributed by atoms with van der Waals surface area (Å²) in [6.07, 6.45) is 2.17. The van der Waals surface area contributed by atoms with Crippen molar-refractivity contribution < 1.29 is 27.5 Å². The molecule has 194 valence electrons. The lowest BCUT2D eigenvalue weighted by atomic mass is 9.73. The second kappa shape index (κ2) is 9.91. The molecule has 3 aromatic rings. The maximum atomic E-state index is 14.9. The maximum absolute atomic E-state index is 14.9. The summed E-state index contributed by atoms with van der Waals surface area (Å²) in [7, 11) is 3.21. The van der Waals surface area contributed by atoms with Gasteiger partial charge in [-0.1, -0.05) is 13.8 Å². The number of carbonyl (C=O) groups excluding carboxylic acids is 2. The molecule has 0 spiro atoms. The Balaban J connectivity index is 2.03. The molecule has 0 aliphatic heterocycles. The fraction of sp³-hybridized carbons (Fsp3) is 0.462. The van der Waals surface area contributed by atoms with E-state index in [1.807, 2.05) is 0 Å². The summed E-state index contributed by atoms with van der Waals surface area (Å²) in [5, 5.41) is 0.207. The van der Waals surface area contributed by atoms with E-state index in [2.05, 4.69) is 15.0 Å². The van der Waals surface area contributed by atoms with E-state index in [1.165, 1.54) is 11.1 Å².